The van der Waals surface area contributed by atoms with Crippen LogP contribution in [-0.4, -0.2) is 17.1 Å². The Morgan fingerprint density at radius 1 is 1.23 bits per heavy atom. The summed E-state index contributed by atoms with van der Waals surface area (Å²) in [5, 5.41) is 4.04. The van der Waals surface area contributed by atoms with Crippen LogP contribution in [-0.2, 0) is 13.0 Å². The minimum absolute atomic E-state index is 0.190. The first-order valence-corrected chi connectivity index (χ1v) is 7.82. The van der Waals surface area contributed by atoms with E-state index in [1.54, 1.807) is 17.4 Å². The number of hydrogen-bond donors (Lipinski definition) is 1. The van der Waals surface area contributed by atoms with Crippen LogP contribution in [0.1, 0.15) is 16.7 Å². The third kappa shape index (κ3) is 2.87. The molecule has 1 aromatic carbocycles. The highest BCUT2D eigenvalue weighted by atomic mass is 32.1. The molecule has 0 bridgehead atoms. The number of rotatable bonds is 5. The Morgan fingerprint density at radius 3 is 2.77 bits per heavy atom. The maximum Gasteiger partial charge on any atom is 0.167 e. The monoisotopic (exact) mass is 317 g/mol. The Kier molecular flexibility index (Phi) is 4.20. The number of hydrogen-bond acceptors (Lipinski definition) is 5. The first-order valence-electron chi connectivity index (χ1n) is 7.01. The molecule has 0 unspecified atom stereocenters. The van der Waals surface area contributed by atoms with Crippen LogP contribution in [0.4, 0.5) is 10.2 Å². The van der Waals surface area contributed by atoms with Crippen molar-refractivity contribution in [2.75, 3.05) is 12.4 Å². The molecule has 0 atom stereocenters. The van der Waals surface area contributed by atoms with Crippen LogP contribution in [0.5, 0.6) is 5.75 Å². The molecule has 3 rings (SSSR count). The number of ether oxygens (including phenoxy) is 1. The molecular formula is C16H16FN3OS. The van der Waals surface area contributed by atoms with E-state index in [0.29, 0.717) is 17.9 Å². The van der Waals surface area contributed by atoms with Crippen LogP contribution in [0.3, 0.4) is 0 Å². The number of nitrogens with zero attached hydrogens (tertiary/aromatic N) is 2. The van der Waals surface area contributed by atoms with Gasteiger partial charge >= 0.3 is 0 Å². The molecule has 0 spiro atoms. The lowest BCUT2D eigenvalue weighted by Gasteiger charge is -2.09. The lowest BCUT2D eigenvalue weighted by atomic mass is 10.2. The molecule has 4 nitrogen and oxygen atoms in total. The molecule has 0 aliphatic rings. The van der Waals surface area contributed by atoms with Gasteiger partial charge in [-0.05, 0) is 24.6 Å². The van der Waals surface area contributed by atoms with E-state index >= 15 is 0 Å². The van der Waals surface area contributed by atoms with E-state index in [4.69, 9.17) is 4.74 Å². The predicted molar refractivity (Wildman–Crippen MR) is 87.1 cm³/mol. The van der Waals surface area contributed by atoms with E-state index in [1.165, 1.54) is 29.3 Å². The number of nitrogens with one attached hydrogen (secondary N) is 1. The Balaban J connectivity index is 1.89. The summed E-state index contributed by atoms with van der Waals surface area (Å²) in [6, 6.07) is 7.23. The Morgan fingerprint density at radius 2 is 2.05 bits per heavy atom. The van der Waals surface area contributed by atoms with Gasteiger partial charge in [-0.1, -0.05) is 6.92 Å². The van der Waals surface area contributed by atoms with Crippen LogP contribution in [0.15, 0.2) is 30.6 Å². The summed E-state index contributed by atoms with van der Waals surface area (Å²) in [6.45, 7) is 2.82. The van der Waals surface area contributed by atoms with Crippen molar-refractivity contribution in [2.24, 2.45) is 0 Å². The number of anilines is 1. The molecule has 114 valence electrons. The van der Waals surface area contributed by atoms with Gasteiger partial charge in [-0.25, -0.2) is 14.4 Å². The van der Waals surface area contributed by atoms with Crippen molar-refractivity contribution >= 4 is 28.1 Å². The first-order chi connectivity index (χ1) is 10.7. The van der Waals surface area contributed by atoms with E-state index in [9.17, 15) is 4.39 Å². The van der Waals surface area contributed by atoms with Gasteiger partial charge in [0.25, 0.3) is 0 Å². The zero-order valence-electron chi connectivity index (χ0n) is 12.4. The van der Waals surface area contributed by atoms with Crippen LogP contribution in [0.25, 0.3) is 10.9 Å². The Bertz CT molecular complexity index is 803. The molecule has 22 heavy (non-hydrogen) atoms. The van der Waals surface area contributed by atoms with Crippen LogP contribution in [0, 0.1) is 5.82 Å². The van der Waals surface area contributed by atoms with E-state index < -0.39 is 5.82 Å². The SMILES string of the molecule is CCc1ccc(CNc2ncnc3cc(F)c(OC)cc23)s1. The number of thiophene rings is 1. The zero-order valence-corrected chi connectivity index (χ0v) is 13.2. The molecule has 0 aliphatic heterocycles. The fourth-order valence-corrected chi connectivity index (χ4v) is 3.13. The highest BCUT2D eigenvalue weighted by Gasteiger charge is 2.10. The summed E-state index contributed by atoms with van der Waals surface area (Å²) in [5.74, 6) is 0.440. The lowest BCUT2D eigenvalue weighted by molar-refractivity contribution is 0.387. The van der Waals surface area contributed by atoms with Gasteiger partial charge < -0.3 is 10.1 Å². The van der Waals surface area contributed by atoms with E-state index in [2.05, 4.69) is 34.3 Å². The number of aryl methyl sites for hydroxylation is 1. The standard InChI is InChI=1S/C16H16FN3OS/c1-3-10-4-5-11(22-10)8-18-16-12-6-15(21-2)13(17)7-14(12)19-9-20-16/h4-7,9H,3,8H2,1-2H3,(H,18,19,20). The van der Waals surface area contributed by atoms with E-state index in [1.807, 2.05) is 0 Å². The smallest absolute Gasteiger partial charge is 0.167 e. The van der Waals surface area contributed by atoms with Crippen LogP contribution >= 0.6 is 11.3 Å². The fourth-order valence-electron chi connectivity index (χ4n) is 2.23. The minimum Gasteiger partial charge on any atom is -0.494 e. The molecule has 2 heterocycles. The van der Waals surface area contributed by atoms with Gasteiger partial charge in [-0.2, -0.15) is 0 Å². The van der Waals surface area contributed by atoms with Gasteiger partial charge in [0.05, 0.1) is 19.2 Å². The molecule has 2 aromatic heterocycles. The van der Waals surface area contributed by atoms with Crippen molar-refractivity contribution in [2.45, 2.75) is 19.9 Å². The summed E-state index contributed by atoms with van der Waals surface area (Å²) in [5.41, 5.74) is 0.552. The number of methoxy groups -OCH3 is 1. The van der Waals surface area contributed by atoms with Gasteiger partial charge in [0.1, 0.15) is 12.1 Å². The van der Waals surface area contributed by atoms with Crippen molar-refractivity contribution in [3.63, 3.8) is 0 Å². The molecule has 6 heteroatoms. The van der Waals surface area contributed by atoms with Crippen LogP contribution < -0.4 is 10.1 Å². The second-order valence-electron chi connectivity index (χ2n) is 4.80. The lowest BCUT2D eigenvalue weighted by Crippen LogP contribution is -2.02. The summed E-state index contributed by atoms with van der Waals surface area (Å²) >= 11 is 1.78. The van der Waals surface area contributed by atoms with Crippen LogP contribution in [0.2, 0.25) is 0 Å². The van der Waals surface area contributed by atoms with Gasteiger partial charge in [0.15, 0.2) is 11.6 Å². The van der Waals surface area contributed by atoms with Crippen molar-refractivity contribution in [1.29, 1.82) is 0 Å². The normalized spacial score (nSPS) is 10.9. The number of benzene rings is 1. The fraction of sp³-hybridized carbons (Fsp3) is 0.250. The number of fused-ring (bicyclic) bond motifs is 1. The maximum absolute atomic E-state index is 13.7. The van der Waals surface area contributed by atoms with E-state index in [0.717, 1.165) is 11.8 Å². The van der Waals surface area contributed by atoms with Crippen molar-refractivity contribution < 1.29 is 9.13 Å². The van der Waals surface area contributed by atoms with Gasteiger partial charge in [-0.3, -0.25) is 0 Å². The quantitative estimate of drug-likeness (QED) is 0.772. The Hall–Kier alpha value is -2.21. The highest BCUT2D eigenvalue weighted by molar-refractivity contribution is 7.12. The van der Waals surface area contributed by atoms with Gasteiger partial charge in [-0.15, -0.1) is 11.3 Å². The summed E-state index contributed by atoms with van der Waals surface area (Å²) in [4.78, 5) is 11.0. The molecule has 0 saturated carbocycles. The average molecular weight is 317 g/mol. The first kappa shape index (κ1) is 14.7. The Labute approximate surface area is 132 Å². The second-order valence-corrected chi connectivity index (χ2v) is 6.05. The topological polar surface area (TPSA) is 47.0 Å². The maximum atomic E-state index is 13.7. The summed E-state index contributed by atoms with van der Waals surface area (Å²) in [7, 11) is 1.44. The third-order valence-corrected chi connectivity index (χ3v) is 4.63. The highest BCUT2D eigenvalue weighted by Crippen LogP contribution is 2.28. The molecule has 1 N–H and O–H groups in total. The second kappa shape index (κ2) is 6.27. The van der Waals surface area contributed by atoms with Gasteiger partial charge in [0.2, 0.25) is 0 Å². The third-order valence-electron chi connectivity index (χ3n) is 3.40. The molecule has 0 saturated heterocycles. The molecule has 0 amide bonds. The molecule has 3 aromatic rings. The number of halogens is 1. The zero-order chi connectivity index (χ0) is 15.5. The minimum atomic E-state index is -0.425. The molecule has 0 fully saturated rings. The van der Waals surface area contributed by atoms with Crippen molar-refractivity contribution in [1.82, 2.24) is 9.97 Å². The predicted octanol–water partition coefficient (Wildman–Crippen LogP) is 4.01. The van der Waals surface area contributed by atoms with Crippen molar-refractivity contribution in [3.8, 4) is 5.75 Å². The van der Waals surface area contributed by atoms with Gasteiger partial charge in [0, 0.05) is 21.2 Å². The number of aromatic nitrogens is 2. The average Bonchev–Trinajstić information content (AvgIpc) is 3.00. The van der Waals surface area contributed by atoms with E-state index in [-0.39, 0.29) is 5.75 Å². The molecule has 0 aliphatic carbocycles. The summed E-state index contributed by atoms with van der Waals surface area (Å²) < 4.78 is 18.8. The largest absolute Gasteiger partial charge is 0.494 e. The molecule has 0 radical (unpaired) electrons. The van der Waals surface area contributed by atoms with Crippen molar-refractivity contribution in [3.05, 3.63) is 46.2 Å². The molecular weight excluding hydrogens is 301 g/mol. The summed E-state index contributed by atoms with van der Waals surface area (Å²) in [6.07, 6.45) is 2.47.